The Balaban J connectivity index is 2.10. The normalized spacial score (nSPS) is 23.7. The number of phenols is 1. The largest absolute Gasteiger partial charge is 0.508 e. The highest BCUT2D eigenvalue weighted by atomic mass is 16.4. The number of carbonyl (C=O) groups is 2. The van der Waals surface area contributed by atoms with Gasteiger partial charge in [0, 0.05) is 11.8 Å². The molecule has 1 aliphatic carbocycles. The minimum atomic E-state index is -0.947. The fourth-order valence-corrected chi connectivity index (χ4v) is 2.50. The SMILES string of the molecule is Cc1ccc(NC(=O)C2C(C(=O)O)C2(C)C)cc1O. The Bertz CT molecular complexity index is 550. The summed E-state index contributed by atoms with van der Waals surface area (Å²) in [5.74, 6) is -2.35. The molecule has 1 amide bonds. The number of aryl methyl sites for hydroxylation is 1. The standard InChI is InChI=1S/C14H17NO4/c1-7-4-5-8(6-9(7)16)15-12(17)10-11(13(18)19)14(10,2)3/h4-6,10-11,16H,1-3H3,(H,15,17)(H,18,19). The van der Waals surface area contributed by atoms with E-state index in [0.717, 1.165) is 0 Å². The summed E-state index contributed by atoms with van der Waals surface area (Å²) in [6.45, 7) is 5.29. The zero-order valence-electron chi connectivity index (χ0n) is 11.1. The van der Waals surface area contributed by atoms with Crippen LogP contribution in [0.5, 0.6) is 5.75 Å². The first-order chi connectivity index (χ1) is 8.75. The van der Waals surface area contributed by atoms with Crippen LogP contribution in [0.4, 0.5) is 5.69 Å². The molecule has 0 aromatic heterocycles. The lowest BCUT2D eigenvalue weighted by atomic mass is 10.1. The van der Waals surface area contributed by atoms with Crippen molar-refractivity contribution in [3.05, 3.63) is 23.8 Å². The lowest BCUT2D eigenvalue weighted by molar-refractivity contribution is -0.140. The average molecular weight is 263 g/mol. The molecule has 2 rings (SSSR count). The molecule has 0 bridgehead atoms. The number of amides is 1. The second kappa shape index (κ2) is 4.26. The molecule has 5 heteroatoms. The van der Waals surface area contributed by atoms with E-state index in [-0.39, 0.29) is 11.7 Å². The van der Waals surface area contributed by atoms with Gasteiger partial charge in [0.05, 0.1) is 11.8 Å². The molecule has 1 fully saturated rings. The Labute approximate surface area is 111 Å². The molecule has 2 atom stereocenters. The summed E-state index contributed by atoms with van der Waals surface area (Å²) >= 11 is 0. The summed E-state index contributed by atoms with van der Waals surface area (Å²) in [6.07, 6.45) is 0. The number of hydrogen-bond acceptors (Lipinski definition) is 3. The molecule has 5 nitrogen and oxygen atoms in total. The Kier molecular flexibility index (Phi) is 3.00. The zero-order valence-corrected chi connectivity index (χ0v) is 11.1. The molecule has 2 unspecified atom stereocenters. The topological polar surface area (TPSA) is 86.6 Å². The number of carbonyl (C=O) groups excluding carboxylic acids is 1. The van der Waals surface area contributed by atoms with E-state index in [1.165, 1.54) is 6.07 Å². The van der Waals surface area contributed by atoms with Crippen molar-refractivity contribution in [2.45, 2.75) is 20.8 Å². The summed E-state index contributed by atoms with van der Waals surface area (Å²) in [5, 5.41) is 21.2. The van der Waals surface area contributed by atoms with Gasteiger partial charge in [0.15, 0.2) is 0 Å². The van der Waals surface area contributed by atoms with Gasteiger partial charge in [-0.05, 0) is 24.0 Å². The van der Waals surface area contributed by atoms with E-state index in [1.54, 1.807) is 32.9 Å². The summed E-state index contributed by atoms with van der Waals surface area (Å²) in [6, 6.07) is 4.83. The van der Waals surface area contributed by atoms with Crippen molar-refractivity contribution in [3.63, 3.8) is 0 Å². The van der Waals surface area contributed by atoms with Crippen molar-refractivity contribution in [2.24, 2.45) is 17.3 Å². The van der Waals surface area contributed by atoms with Crippen molar-refractivity contribution in [1.29, 1.82) is 0 Å². The molecule has 1 aromatic rings. The van der Waals surface area contributed by atoms with Crippen LogP contribution in [0.25, 0.3) is 0 Å². The molecule has 19 heavy (non-hydrogen) atoms. The zero-order chi connectivity index (χ0) is 14.4. The highest BCUT2D eigenvalue weighted by Gasteiger charge is 2.65. The molecule has 3 N–H and O–H groups in total. The van der Waals surface area contributed by atoms with Crippen molar-refractivity contribution in [3.8, 4) is 5.75 Å². The van der Waals surface area contributed by atoms with E-state index >= 15 is 0 Å². The van der Waals surface area contributed by atoms with Crippen LogP contribution < -0.4 is 5.32 Å². The van der Waals surface area contributed by atoms with Crippen LogP contribution in [0.1, 0.15) is 19.4 Å². The molecule has 0 spiro atoms. The molecule has 1 aromatic carbocycles. The smallest absolute Gasteiger partial charge is 0.307 e. The first-order valence-electron chi connectivity index (χ1n) is 6.08. The maximum absolute atomic E-state index is 12.0. The Hall–Kier alpha value is -2.04. The van der Waals surface area contributed by atoms with Crippen molar-refractivity contribution >= 4 is 17.6 Å². The van der Waals surface area contributed by atoms with Crippen LogP contribution in [-0.4, -0.2) is 22.1 Å². The quantitative estimate of drug-likeness (QED) is 0.778. The fourth-order valence-electron chi connectivity index (χ4n) is 2.50. The number of anilines is 1. The maximum Gasteiger partial charge on any atom is 0.307 e. The van der Waals surface area contributed by atoms with Gasteiger partial charge in [-0.2, -0.15) is 0 Å². The van der Waals surface area contributed by atoms with E-state index in [2.05, 4.69) is 5.32 Å². The van der Waals surface area contributed by atoms with Gasteiger partial charge < -0.3 is 15.5 Å². The molecular weight excluding hydrogens is 246 g/mol. The van der Waals surface area contributed by atoms with Gasteiger partial charge in [0.1, 0.15) is 5.75 Å². The van der Waals surface area contributed by atoms with E-state index in [9.17, 15) is 14.7 Å². The molecule has 0 heterocycles. The van der Waals surface area contributed by atoms with Gasteiger partial charge in [-0.3, -0.25) is 9.59 Å². The van der Waals surface area contributed by atoms with Crippen molar-refractivity contribution in [1.82, 2.24) is 0 Å². The Morgan fingerprint density at radius 1 is 1.26 bits per heavy atom. The molecule has 0 saturated heterocycles. The third-order valence-electron chi connectivity index (χ3n) is 3.85. The molecule has 1 saturated carbocycles. The number of carboxylic acid groups (broad SMARTS) is 1. The van der Waals surface area contributed by atoms with Gasteiger partial charge in [0.2, 0.25) is 5.91 Å². The van der Waals surface area contributed by atoms with Gasteiger partial charge in [-0.1, -0.05) is 19.9 Å². The third kappa shape index (κ3) is 2.28. The first kappa shape index (κ1) is 13.4. The van der Waals surface area contributed by atoms with Crippen LogP contribution in [0.3, 0.4) is 0 Å². The predicted molar refractivity (Wildman–Crippen MR) is 69.9 cm³/mol. The molecule has 1 aliphatic rings. The Morgan fingerprint density at radius 3 is 2.37 bits per heavy atom. The lowest BCUT2D eigenvalue weighted by Gasteiger charge is -2.07. The van der Waals surface area contributed by atoms with Gasteiger partial charge in [-0.15, -0.1) is 0 Å². The molecule has 102 valence electrons. The van der Waals surface area contributed by atoms with Gasteiger partial charge in [-0.25, -0.2) is 0 Å². The first-order valence-corrected chi connectivity index (χ1v) is 6.08. The Morgan fingerprint density at radius 2 is 1.89 bits per heavy atom. The molecule has 0 aliphatic heterocycles. The van der Waals surface area contributed by atoms with Crippen LogP contribution >= 0.6 is 0 Å². The number of aromatic hydroxyl groups is 1. The highest BCUT2D eigenvalue weighted by Crippen LogP contribution is 2.58. The summed E-state index contributed by atoms with van der Waals surface area (Å²) in [4.78, 5) is 23.1. The average Bonchev–Trinajstić information content (AvgIpc) is 2.87. The van der Waals surface area contributed by atoms with E-state index in [4.69, 9.17) is 5.11 Å². The second-order valence-corrected chi connectivity index (χ2v) is 5.61. The molecular formula is C14H17NO4. The number of hydrogen-bond donors (Lipinski definition) is 3. The number of phenolic OH excluding ortho intramolecular Hbond substituents is 1. The van der Waals surface area contributed by atoms with Crippen molar-refractivity contribution < 1.29 is 19.8 Å². The minimum Gasteiger partial charge on any atom is -0.508 e. The van der Waals surface area contributed by atoms with Crippen LogP contribution in [0.15, 0.2) is 18.2 Å². The van der Waals surface area contributed by atoms with E-state index in [1.807, 2.05) is 0 Å². The highest BCUT2D eigenvalue weighted by molar-refractivity contribution is 5.99. The number of nitrogens with one attached hydrogen (secondary N) is 1. The minimum absolute atomic E-state index is 0.0997. The molecule has 0 radical (unpaired) electrons. The van der Waals surface area contributed by atoms with Crippen LogP contribution in [0, 0.1) is 24.2 Å². The van der Waals surface area contributed by atoms with E-state index < -0.39 is 23.2 Å². The summed E-state index contributed by atoms with van der Waals surface area (Å²) in [7, 11) is 0. The van der Waals surface area contributed by atoms with Crippen LogP contribution in [-0.2, 0) is 9.59 Å². The number of carboxylic acids is 1. The van der Waals surface area contributed by atoms with Crippen molar-refractivity contribution in [2.75, 3.05) is 5.32 Å². The monoisotopic (exact) mass is 263 g/mol. The fraction of sp³-hybridized carbons (Fsp3) is 0.429. The summed E-state index contributed by atoms with van der Waals surface area (Å²) in [5.41, 5.74) is 0.663. The summed E-state index contributed by atoms with van der Waals surface area (Å²) < 4.78 is 0. The second-order valence-electron chi connectivity index (χ2n) is 5.61. The predicted octanol–water partition coefficient (Wildman–Crippen LogP) is 2.00. The van der Waals surface area contributed by atoms with Gasteiger partial charge in [0.25, 0.3) is 0 Å². The maximum atomic E-state index is 12.0. The number of rotatable bonds is 3. The lowest BCUT2D eigenvalue weighted by Crippen LogP contribution is -2.17. The third-order valence-corrected chi connectivity index (χ3v) is 3.85. The number of aliphatic carboxylic acids is 1. The van der Waals surface area contributed by atoms with Gasteiger partial charge >= 0.3 is 5.97 Å². The van der Waals surface area contributed by atoms with Crippen LogP contribution in [0.2, 0.25) is 0 Å². The number of benzene rings is 1. The van der Waals surface area contributed by atoms with E-state index in [0.29, 0.717) is 11.3 Å².